The fourth-order valence-electron chi connectivity index (χ4n) is 1.51. The molecule has 18 heavy (non-hydrogen) atoms. The van der Waals surface area contributed by atoms with E-state index in [4.69, 9.17) is 5.73 Å². The van der Waals surface area contributed by atoms with Gasteiger partial charge in [0.05, 0.1) is 0 Å². The van der Waals surface area contributed by atoms with Gasteiger partial charge in [0.1, 0.15) is 6.04 Å². The van der Waals surface area contributed by atoms with Crippen LogP contribution in [-0.4, -0.2) is 24.4 Å². The second kappa shape index (κ2) is 6.76. The van der Waals surface area contributed by atoms with Gasteiger partial charge in [0.2, 0.25) is 5.91 Å². The van der Waals surface area contributed by atoms with E-state index in [9.17, 15) is 9.59 Å². The van der Waals surface area contributed by atoms with E-state index < -0.39 is 6.04 Å². The van der Waals surface area contributed by atoms with Gasteiger partial charge in [0, 0.05) is 18.7 Å². The Morgan fingerprint density at radius 2 is 2.11 bits per heavy atom. The van der Waals surface area contributed by atoms with Crippen molar-refractivity contribution < 1.29 is 9.59 Å². The zero-order valence-corrected chi connectivity index (χ0v) is 10.7. The van der Waals surface area contributed by atoms with Crippen LogP contribution < -0.4 is 16.4 Å². The molecule has 0 aromatic heterocycles. The van der Waals surface area contributed by atoms with Crippen LogP contribution >= 0.6 is 0 Å². The van der Waals surface area contributed by atoms with E-state index >= 15 is 0 Å². The van der Waals surface area contributed by atoms with Crippen LogP contribution in [0, 0.1) is 0 Å². The van der Waals surface area contributed by atoms with Gasteiger partial charge in [-0.05, 0) is 31.5 Å². The third kappa shape index (κ3) is 3.85. The van der Waals surface area contributed by atoms with Crippen LogP contribution in [0.3, 0.4) is 0 Å². The Labute approximate surface area is 107 Å². The lowest BCUT2D eigenvalue weighted by atomic mass is 10.1. The molecule has 0 bridgehead atoms. The van der Waals surface area contributed by atoms with Crippen molar-refractivity contribution in [2.24, 2.45) is 5.73 Å². The average molecular weight is 249 g/mol. The van der Waals surface area contributed by atoms with E-state index in [0.29, 0.717) is 18.7 Å². The largest absolute Gasteiger partial charge is 0.355 e. The molecule has 98 valence electrons. The van der Waals surface area contributed by atoms with Crippen LogP contribution in [0.4, 0.5) is 0 Å². The maximum Gasteiger partial charge on any atom is 0.251 e. The Morgan fingerprint density at radius 1 is 1.39 bits per heavy atom. The zero-order chi connectivity index (χ0) is 13.5. The van der Waals surface area contributed by atoms with Crippen molar-refractivity contribution >= 4 is 11.8 Å². The van der Waals surface area contributed by atoms with Gasteiger partial charge >= 0.3 is 0 Å². The van der Waals surface area contributed by atoms with Crippen molar-refractivity contribution in [2.75, 3.05) is 6.54 Å². The molecular formula is C13H19N3O2. The zero-order valence-electron chi connectivity index (χ0n) is 10.7. The summed E-state index contributed by atoms with van der Waals surface area (Å²) in [4.78, 5) is 23.4. The van der Waals surface area contributed by atoms with Crippen LogP contribution in [0.2, 0.25) is 0 Å². The van der Waals surface area contributed by atoms with Crippen molar-refractivity contribution in [1.29, 1.82) is 0 Å². The number of rotatable bonds is 5. The van der Waals surface area contributed by atoms with Gasteiger partial charge in [-0.1, -0.05) is 12.1 Å². The van der Waals surface area contributed by atoms with Crippen molar-refractivity contribution in [3.8, 4) is 0 Å². The lowest BCUT2D eigenvalue weighted by Gasteiger charge is -2.13. The quantitative estimate of drug-likeness (QED) is 0.706. The molecule has 0 aliphatic carbocycles. The number of amides is 2. The Morgan fingerprint density at radius 3 is 2.72 bits per heavy atom. The predicted molar refractivity (Wildman–Crippen MR) is 69.9 cm³/mol. The summed E-state index contributed by atoms with van der Waals surface area (Å²) in [6.45, 7) is 4.40. The van der Waals surface area contributed by atoms with E-state index in [2.05, 4.69) is 10.6 Å². The van der Waals surface area contributed by atoms with Crippen LogP contribution in [0.25, 0.3) is 0 Å². The third-order valence-corrected chi connectivity index (χ3v) is 2.52. The molecule has 2 amide bonds. The van der Waals surface area contributed by atoms with Crippen LogP contribution in [0.15, 0.2) is 24.3 Å². The van der Waals surface area contributed by atoms with Crippen molar-refractivity contribution in [2.45, 2.75) is 26.4 Å². The highest BCUT2D eigenvalue weighted by Gasteiger charge is 2.15. The van der Waals surface area contributed by atoms with Gasteiger partial charge in [0.25, 0.3) is 5.91 Å². The molecule has 1 rings (SSSR count). The van der Waals surface area contributed by atoms with Gasteiger partial charge in [0.15, 0.2) is 0 Å². The first kappa shape index (κ1) is 14.2. The van der Waals surface area contributed by atoms with Crippen LogP contribution in [0.1, 0.15) is 29.8 Å². The highest BCUT2D eigenvalue weighted by Crippen LogP contribution is 2.04. The number of carbonyl (C=O) groups is 2. The molecule has 0 saturated heterocycles. The lowest BCUT2D eigenvalue weighted by molar-refractivity contribution is -0.122. The summed E-state index contributed by atoms with van der Waals surface area (Å²) in [5.74, 6) is -0.468. The SMILES string of the molecule is CCNC(=O)C(C)NC(=O)c1cccc(CN)c1. The molecule has 0 spiro atoms. The summed E-state index contributed by atoms with van der Waals surface area (Å²) in [5, 5.41) is 5.29. The fraction of sp³-hybridized carbons (Fsp3) is 0.385. The monoisotopic (exact) mass is 249 g/mol. The van der Waals surface area contributed by atoms with Gasteiger partial charge < -0.3 is 16.4 Å². The third-order valence-electron chi connectivity index (χ3n) is 2.52. The van der Waals surface area contributed by atoms with E-state index in [0.717, 1.165) is 5.56 Å². The average Bonchev–Trinajstić information content (AvgIpc) is 2.39. The standard InChI is InChI=1S/C13H19N3O2/c1-3-15-12(17)9(2)16-13(18)11-6-4-5-10(7-11)8-14/h4-7,9H,3,8,14H2,1-2H3,(H,15,17)(H,16,18). The number of nitrogens with two attached hydrogens (primary N) is 1. The smallest absolute Gasteiger partial charge is 0.251 e. The Balaban J connectivity index is 2.67. The molecule has 4 N–H and O–H groups in total. The lowest BCUT2D eigenvalue weighted by Crippen LogP contribution is -2.44. The highest BCUT2D eigenvalue weighted by atomic mass is 16.2. The van der Waals surface area contributed by atoms with Crippen molar-refractivity contribution in [3.05, 3.63) is 35.4 Å². The summed E-state index contributed by atoms with van der Waals surface area (Å²) in [5.41, 5.74) is 6.90. The maximum atomic E-state index is 11.9. The van der Waals surface area contributed by atoms with E-state index in [1.165, 1.54) is 0 Å². The minimum absolute atomic E-state index is 0.194. The van der Waals surface area contributed by atoms with Crippen LogP contribution in [-0.2, 0) is 11.3 Å². The first-order chi connectivity index (χ1) is 8.58. The maximum absolute atomic E-state index is 11.9. The topological polar surface area (TPSA) is 84.2 Å². The Bertz CT molecular complexity index is 432. The second-order valence-electron chi connectivity index (χ2n) is 3.99. The minimum Gasteiger partial charge on any atom is -0.355 e. The molecule has 0 fully saturated rings. The molecule has 1 unspecified atom stereocenters. The summed E-state index contributed by atoms with van der Waals surface area (Å²) in [7, 11) is 0. The molecule has 5 nitrogen and oxygen atoms in total. The predicted octanol–water partition coefficient (Wildman–Crippen LogP) is 0.400. The Kier molecular flexibility index (Phi) is 5.32. The van der Waals surface area contributed by atoms with Crippen LogP contribution in [0.5, 0.6) is 0 Å². The summed E-state index contributed by atoms with van der Waals surface area (Å²) >= 11 is 0. The number of benzene rings is 1. The van der Waals surface area contributed by atoms with Gasteiger partial charge in [-0.25, -0.2) is 0 Å². The molecule has 1 aromatic carbocycles. The number of hydrogen-bond donors (Lipinski definition) is 3. The van der Waals surface area contributed by atoms with Gasteiger partial charge in [-0.15, -0.1) is 0 Å². The molecule has 0 heterocycles. The molecule has 1 aromatic rings. The highest BCUT2D eigenvalue weighted by molar-refractivity contribution is 5.97. The van der Waals surface area contributed by atoms with Crippen molar-refractivity contribution in [1.82, 2.24) is 10.6 Å². The fourth-order valence-corrected chi connectivity index (χ4v) is 1.51. The first-order valence-electron chi connectivity index (χ1n) is 5.96. The number of likely N-dealkylation sites (N-methyl/N-ethyl adjacent to an activating group) is 1. The number of nitrogens with one attached hydrogen (secondary N) is 2. The number of hydrogen-bond acceptors (Lipinski definition) is 3. The molecule has 0 radical (unpaired) electrons. The Hall–Kier alpha value is -1.88. The van der Waals surface area contributed by atoms with Gasteiger partial charge in [-0.3, -0.25) is 9.59 Å². The number of carbonyl (C=O) groups excluding carboxylic acids is 2. The molecular weight excluding hydrogens is 230 g/mol. The molecule has 5 heteroatoms. The normalized spacial score (nSPS) is 11.7. The summed E-state index contributed by atoms with van der Waals surface area (Å²) in [6.07, 6.45) is 0. The molecule has 0 aliphatic heterocycles. The second-order valence-corrected chi connectivity index (χ2v) is 3.99. The molecule has 0 saturated carbocycles. The van der Waals surface area contributed by atoms with Crippen molar-refractivity contribution in [3.63, 3.8) is 0 Å². The first-order valence-corrected chi connectivity index (χ1v) is 5.96. The molecule has 1 atom stereocenters. The summed E-state index contributed by atoms with van der Waals surface area (Å²) in [6, 6.07) is 6.48. The van der Waals surface area contributed by atoms with E-state index in [-0.39, 0.29) is 11.8 Å². The summed E-state index contributed by atoms with van der Waals surface area (Å²) < 4.78 is 0. The minimum atomic E-state index is -0.556. The molecule has 0 aliphatic rings. The van der Waals surface area contributed by atoms with Gasteiger partial charge in [-0.2, -0.15) is 0 Å². The van der Waals surface area contributed by atoms with E-state index in [1.54, 1.807) is 25.1 Å². The van der Waals surface area contributed by atoms with E-state index in [1.807, 2.05) is 13.0 Å².